The molecule has 0 spiro atoms. The van der Waals surface area contributed by atoms with E-state index in [2.05, 4.69) is 29.0 Å². The summed E-state index contributed by atoms with van der Waals surface area (Å²) in [6.07, 6.45) is 7.42. The van der Waals surface area contributed by atoms with Crippen molar-refractivity contribution in [2.75, 3.05) is 13.7 Å². The monoisotopic (exact) mass is 316 g/mol. The Morgan fingerprint density at radius 3 is 2.39 bits per heavy atom. The Bertz CT molecular complexity index is 569. The number of halogens is 1. The number of aromatic nitrogens is 2. The SMILES string of the molecule is COCC(F)CCCCCc1cnc(-c2ccc(C)cc2)nc1. The minimum absolute atomic E-state index is 0.203. The van der Waals surface area contributed by atoms with Crippen molar-refractivity contribution in [2.24, 2.45) is 0 Å². The molecule has 4 heteroatoms. The van der Waals surface area contributed by atoms with Crippen molar-refractivity contribution >= 4 is 0 Å². The topological polar surface area (TPSA) is 35.0 Å². The van der Waals surface area contributed by atoms with Crippen LogP contribution in [0.2, 0.25) is 0 Å². The molecule has 0 aliphatic carbocycles. The van der Waals surface area contributed by atoms with E-state index in [1.165, 1.54) is 12.7 Å². The normalized spacial score (nSPS) is 12.3. The highest BCUT2D eigenvalue weighted by atomic mass is 19.1. The standard InChI is InChI=1S/C19H25FN2O/c1-15-8-10-17(11-9-15)19-21-12-16(13-22-19)6-4-3-5-7-18(20)14-23-2/h8-13,18H,3-7,14H2,1-2H3. The van der Waals surface area contributed by atoms with E-state index < -0.39 is 6.17 Å². The maximum absolute atomic E-state index is 13.2. The molecule has 1 unspecified atom stereocenters. The van der Waals surface area contributed by atoms with Crippen molar-refractivity contribution in [1.29, 1.82) is 0 Å². The first-order valence-corrected chi connectivity index (χ1v) is 8.20. The molecule has 0 amide bonds. The van der Waals surface area contributed by atoms with Crippen molar-refractivity contribution in [3.63, 3.8) is 0 Å². The number of rotatable bonds is 9. The maximum atomic E-state index is 13.2. The van der Waals surface area contributed by atoms with Crippen LogP contribution in [0.4, 0.5) is 4.39 Å². The molecule has 0 saturated carbocycles. The summed E-state index contributed by atoms with van der Waals surface area (Å²) >= 11 is 0. The Balaban J connectivity index is 1.74. The van der Waals surface area contributed by atoms with E-state index in [9.17, 15) is 4.39 Å². The van der Waals surface area contributed by atoms with E-state index in [1.54, 1.807) is 0 Å². The number of nitrogens with zero attached hydrogens (tertiary/aromatic N) is 2. The van der Waals surface area contributed by atoms with Gasteiger partial charge in [-0.05, 0) is 31.7 Å². The minimum atomic E-state index is -0.836. The average Bonchev–Trinajstić information content (AvgIpc) is 2.56. The van der Waals surface area contributed by atoms with Crippen LogP contribution in [0.1, 0.15) is 36.8 Å². The van der Waals surface area contributed by atoms with Gasteiger partial charge in [0.15, 0.2) is 5.82 Å². The van der Waals surface area contributed by atoms with Gasteiger partial charge in [-0.25, -0.2) is 14.4 Å². The molecule has 124 valence electrons. The minimum Gasteiger partial charge on any atom is -0.382 e. The van der Waals surface area contributed by atoms with Gasteiger partial charge in [0.25, 0.3) is 0 Å². The molecule has 2 rings (SSSR count). The molecule has 0 aliphatic heterocycles. The van der Waals surface area contributed by atoms with Gasteiger partial charge in [0.1, 0.15) is 6.17 Å². The van der Waals surface area contributed by atoms with Gasteiger partial charge in [-0.15, -0.1) is 0 Å². The summed E-state index contributed by atoms with van der Waals surface area (Å²) in [5.74, 6) is 0.758. The zero-order valence-corrected chi connectivity index (χ0v) is 14.0. The van der Waals surface area contributed by atoms with Crippen LogP contribution in [0.5, 0.6) is 0 Å². The summed E-state index contributed by atoms with van der Waals surface area (Å²) in [4.78, 5) is 8.88. The number of methoxy groups -OCH3 is 1. The van der Waals surface area contributed by atoms with Crippen LogP contribution in [0.3, 0.4) is 0 Å². The average molecular weight is 316 g/mol. The first kappa shape index (κ1) is 17.5. The molecule has 1 heterocycles. The zero-order chi connectivity index (χ0) is 16.5. The fraction of sp³-hybridized carbons (Fsp3) is 0.474. The third-order valence-corrected chi connectivity index (χ3v) is 3.85. The Kier molecular flexibility index (Phi) is 7.14. The molecule has 0 bridgehead atoms. The van der Waals surface area contributed by atoms with Gasteiger partial charge in [-0.1, -0.05) is 42.7 Å². The van der Waals surface area contributed by atoms with E-state index in [0.29, 0.717) is 6.42 Å². The molecule has 23 heavy (non-hydrogen) atoms. The van der Waals surface area contributed by atoms with Crippen molar-refractivity contribution < 1.29 is 9.13 Å². The third-order valence-electron chi connectivity index (χ3n) is 3.85. The molecule has 0 fully saturated rings. The lowest BCUT2D eigenvalue weighted by Crippen LogP contribution is -2.07. The molecule has 3 nitrogen and oxygen atoms in total. The Hall–Kier alpha value is -1.81. The number of unbranched alkanes of at least 4 members (excludes halogenated alkanes) is 2. The fourth-order valence-corrected chi connectivity index (χ4v) is 2.47. The van der Waals surface area contributed by atoms with Crippen LogP contribution in [-0.4, -0.2) is 29.9 Å². The first-order chi connectivity index (χ1) is 11.2. The highest BCUT2D eigenvalue weighted by Crippen LogP contribution is 2.16. The molecule has 0 N–H and O–H groups in total. The summed E-state index contributed by atoms with van der Waals surface area (Å²) in [7, 11) is 1.53. The number of hydrogen-bond acceptors (Lipinski definition) is 3. The van der Waals surface area contributed by atoms with Crippen molar-refractivity contribution in [1.82, 2.24) is 9.97 Å². The van der Waals surface area contributed by atoms with Crippen LogP contribution in [0.15, 0.2) is 36.7 Å². The fourth-order valence-electron chi connectivity index (χ4n) is 2.47. The van der Waals surface area contributed by atoms with Gasteiger partial charge in [-0.2, -0.15) is 0 Å². The predicted molar refractivity (Wildman–Crippen MR) is 91.1 cm³/mol. The second-order valence-electron chi connectivity index (χ2n) is 5.93. The second kappa shape index (κ2) is 9.36. The quantitative estimate of drug-likeness (QED) is 0.637. The molecule has 0 saturated heterocycles. The molecular formula is C19H25FN2O. The summed E-state index contributed by atoms with van der Waals surface area (Å²) < 4.78 is 18.0. The summed E-state index contributed by atoms with van der Waals surface area (Å²) in [5.41, 5.74) is 3.40. The molecule has 1 aromatic heterocycles. The van der Waals surface area contributed by atoms with Gasteiger partial charge in [-0.3, -0.25) is 0 Å². The first-order valence-electron chi connectivity index (χ1n) is 8.20. The van der Waals surface area contributed by atoms with Gasteiger partial charge < -0.3 is 4.74 Å². The Morgan fingerprint density at radius 2 is 1.74 bits per heavy atom. The lowest BCUT2D eigenvalue weighted by molar-refractivity contribution is 0.117. The predicted octanol–water partition coefficient (Wildman–Crippen LogP) is 4.54. The largest absolute Gasteiger partial charge is 0.382 e. The van der Waals surface area contributed by atoms with E-state index in [-0.39, 0.29) is 6.61 Å². The molecule has 1 aromatic carbocycles. The molecule has 0 aliphatic rings. The summed E-state index contributed by atoms with van der Waals surface area (Å²) in [6, 6.07) is 8.21. The van der Waals surface area contributed by atoms with Crippen molar-refractivity contribution in [3.8, 4) is 11.4 Å². The molecular weight excluding hydrogens is 291 g/mol. The van der Waals surface area contributed by atoms with Gasteiger partial charge >= 0.3 is 0 Å². The van der Waals surface area contributed by atoms with Gasteiger partial charge in [0.05, 0.1) is 6.61 Å². The highest BCUT2D eigenvalue weighted by Gasteiger charge is 2.05. The van der Waals surface area contributed by atoms with Crippen LogP contribution in [0.25, 0.3) is 11.4 Å². The van der Waals surface area contributed by atoms with E-state index >= 15 is 0 Å². The van der Waals surface area contributed by atoms with Crippen molar-refractivity contribution in [3.05, 3.63) is 47.8 Å². The van der Waals surface area contributed by atoms with Crippen molar-refractivity contribution in [2.45, 2.75) is 45.2 Å². The highest BCUT2D eigenvalue weighted by molar-refractivity contribution is 5.54. The van der Waals surface area contributed by atoms with Gasteiger partial charge in [0.2, 0.25) is 0 Å². The number of ether oxygens (including phenoxy) is 1. The lowest BCUT2D eigenvalue weighted by Gasteiger charge is -2.06. The smallest absolute Gasteiger partial charge is 0.159 e. The van der Waals surface area contributed by atoms with Gasteiger partial charge in [0, 0.05) is 25.1 Å². The second-order valence-corrected chi connectivity index (χ2v) is 5.93. The third kappa shape index (κ3) is 6.06. The van der Waals surface area contributed by atoms with Crippen LogP contribution in [-0.2, 0) is 11.2 Å². The lowest BCUT2D eigenvalue weighted by atomic mass is 10.1. The molecule has 1 atom stereocenters. The van der Waals surface area contributed by atoms with E-state index in [1.807, 2.05) is 24.5 Å². The van der Waals surface area contributed by atoms with Crippen LogP contribution >= 0.6 is 0 Å². The van der Waals surface area contributed by atoms with E-state index in [0.717, 1.165) is 42.6 Å². The summed E-state index contributed by atoms with van der Waals surface area (Å²) in [5, 5.41) is 0. The van der Waals surface area contributed by atoms with Crippen LogP contribution < -0.4 is 0 Å². The van der Waals surface area contributed by atoms with E-state index in [4.69, 9.17) is 4.74 Å². The number of alkyl halides is 1. The van der Waals surface area contributed by atoms with Crippen LogP contribution in [0, 0.1) is 6.92 Å². The number of benzene rings is 1. The molecule has 2 aromatic rings. The zero-order valence-electron chi connectivity index (χ0n) is 14.0. The Labute approximate surface area is 137 Å². The number of hydrogen-bond donors (Lipinski definition) is 0. The molecule has 0 radical (unpaired) electrons. The maximum Gasteiger partial charge on any atom is 0.159 e. The number of aryl methyl sites for hydroxylation is 2. The Morgan fingerprint density at radius 1 is 1.04 bits per heavy atom. The summed E-state index contributed by atoms with van der Waals surface area (Å²) in [6.45, 7) is 2.27.